The van der Waals surface area contributed by atoms with Crippen LogP contribution in [-0.2, 0) is 0 Å². The fraction of sp³-hybridized carbons (Fsp3) is 0.667. The van der Waals surface area contributed by atoms with Crippen LogP contribution in [0.4, 0.5) is 0 Å². The van der Waals surface area contributed by atoms with E-state index in [1.165, 1.54) is 5.57 Å². The van der Waals surface area contributed by atoms with Gasteiger partial charge in [0.25, 0.3) is 0 Å². The molecule has 46 valence electrons. The fourth-order valence-electron chi connectivity index (χ4n) is 1.04. The largest absolute Gasteiger partial charge is 0.312 e. The summed E-state index contributed by atoms with van der Waals surface area (Å²) >= 11 is 0. The van der Waals surface area contributed by atoms with Crippen molar-refractivity contribution in [2.75, 3.05) is 13.1 Å². The average molecular weight is 151 g/mol. The van der Waals surface area contributed by atoms with Crippen LogP contribution in [-0.4, -0.2) is 33.6 Å². The van der Waals surface area contributed by atoms with E-state index in [1.807, 2.05) is 5.70 Å². The molecule has 1 fully saturated rings. The van der Waals surface area contributed by atoms with Gasteiger partial charge in [-0.15, -0.1) is 5.70 Å². The minimum absolute atomic E-state index is 0.694. The highest BCUT2D eigenvalue weighted by Gasteiger charge is 2.16. The van der Waals surface area contributed by atoms with E-state index in [2.05, 4.69) is 25.8 Å². The third kappa shape index (κ3) is 1.53. The highest BCUT2D eigenvalue weighted by Crippen LogP contribution is 2.16. The van der Waals surface area contributed by atoms with Gasteiger partial charge in [0.2, 0.25) is 0 Å². The lowest BCUT2D eigenvalue weighted by molar-refractivity contribution is 0.719. The second-order valence-corrected chi connectivity index (χ2v) is 2.95. The highest BCUT2D eigenvalue weighted by molar-refractivity contribution is 6.17. The van der Waals surface area contributed by atoms with Crippen molar-refractivity contribution in [1.29, 1.82) is 0 Å². The van der Waals surface area contributed by atoms with Gasteiger partial charge < -0.3 is 5.32 Å². The normalized spacial score (nSPS) is 31.8. The van der Waals surface area contributed by atoms with Crippen molar-refractivity contribution in [3.05, 3.63) is 11.3 Å². The molecule has 1 atom stereocenters. The summed E-state index contributed by atoms with van der Waals surface area (Å²) in [4.78, 5) is 0. The van der Waals surface area contributed by atoms with E-state index in [0.717, 1.165) is 19.1 Å². The van der Waals surface area contributed by atoms with E-state index in [9.17, 15) is 0 Å². The standard InChI is InChI=1S/C6H9NSi2/c8-3-5-1-7-2-6(5)4-9/h3,6-7H,1-2,4H2. The van der Waals surface area contributed by atoms with Crippen molar-refractivity contribution in [3.8, 4) is 0 Å². The van der Waals surface area contributed by atoms with Crippen LogP contribution < -0.4 is 5.32 Å². The molecule has 0 spiro atoms. The zero-order chi connectivity index (χ0) is 6.69. The van der Waals surface area contributed by atoms with E-state index >= 15 is 0 Å². The van der Waals surface area contributed by atoms with Crippen molar-refractivity contribution in [2.45, 2.75) is 6.04 Å². The van der Waals surface area contributed by atoms with Crippen LogP contribution >= 0.6 is 0 Å². The molecule has 0 aromatic carbocycles. The fourth-order valence-corrected chi connectivity index (χ4v) is 1.78. The van der Waals surface area contributed by atoms with E-state index in [1.54, 1.807) is 0 Å². The van der Waals surface area contributed by atoms with Crippen LogP contribution in [0.5, 0.6) is 0 Å². The first-order chi connectivity index (χ1) is 4.38. The maximum atomic E-state index is 3.50. The van der Waals surface area contributed by atoms with E-state index in [-0.39, 0.29) is 0 Å². The third-order valence-electron chi connectivity index (χ3n) is 1.68. The van der Waals surface area contributed by atoms with Gasteiger partial charge in [-0.25, -0.2) is 0 Å². The summed E-state index contributed by atoms with van der Waals surface area (Å²) in [5.41, 5.74) is 3.48. The van der Waals surface area contributed by atoms with Crippen LogP contribution in [0.1, 0.15) is 0 Å². The monoisotopic (exact) mass is 151 g/mol. The Morgan fingerprint density at radius 1 is 1.78 bits per heavy atom. The molecule has 0 aliphatic carbocycles. The van der Waals surface area contributed by atoms with Gasteiger partial charge in [-0.3, -0.25) is 0 Å². The summed E-state index contributed by atoms with van der Waals surface area (Å²) in [6.45, 7) is 2.15. The van der Waals surface area contributed by atoms with Crippen LogP contribution in [0, 0.1) is 5.92 Å². The summed E-state index contributed by atoms with van der Waals surface area (Å²) in [7, 11) is 6.88. The zero-order valence-electron chi connectivity index (χ0n) is 5.28. The van der Waals surface area contributed by atoms with Gasteiger partial charge in [-0.1, -0.05) is 11.6 Å². The summed E-state index contributed by atoms with van der Waals surface area (Å²) in [5.74, 6) is 0.694. The zero-order valence-corrected chi connectivity index (χ0v) is 7.28. The predicted molar refractivity (Wildman–Crippen MR) is 40.8 cm³/mol. The van der Waals surface area contributed by atoms with Crippen molar-refractivity contribution in [2.24, 2.45) is 5.92 Å². The molecule has 1 N–H and O–H groups in total. The molecule has 9 heavy (non-hydrogen) atoms. The first kappa shape index (κ1) is 7.24. The van der Waals surface area contributed by atoms with Gasteiger partial charge in [0.15, 0.2) is 0 Å². The molecule has 0 aromatic rings. The van der Waals surface area contributed by atoms with E-state index < -0.39 is 0 Å². The Kier molecular flexibility index (Phi) is 2.69. The molecule has 1 nitrogen and oxygen atoms in total. The molecule has 1 heterocycles. The summed E-state index contributed by atoms with van der Waals surface area (Å²) in [6.07, 6.45) is 0. The smallest absolute Gasteiger partial charge is 0.0600 e. The molecular weight excluding hydrogens is 142 g/mol. The van der Waals surface area contributed by atoms with Gasteiger partial charge in [-0.2, -0.15) is 0 Å². The predicted octanol–water partition coefficient (Wildman–Crippen LogP) is -0.155. The minimum Gasteiger partial charge on any atom is -0.312 e. The minimum atomic E-state index is 0.694. The highest BCUT2D eigenvalue weighted by atomic mass is 28.1. The Hall–Kier alpha value is 0.134. The maximum absolute atomic E-state index is 3.50. The Morgan fingerprint density at radius 3 is 3.00 bits per heavy atom. The Bertz CT molecular complexity index is 122. The van der Waals surface area contributed by atoms with E-state index in [4.69, 9.17) is 0 Å². The van der Waals surface area contributed by atoms with Crippen molar-refractivity contribution in [3.63, 3.8) is 0 Å². The Labute approximate surface area is 62.8 Å². The summed E-state index contributed by atoms with van der Waals surface area (Å²) in [6, 6.07) is 1.06. The second kappa shape index (κ2) is 3.34. The summed E-state index contributed by atoms with van der Waals surface area (Å²) < 4.78 is 0. The number of rotatable bonds is 1. The molecule has 6 radical (unpaired) electrons. The Balaban J connectivity index is 2.52. The average Bonchev–Trinajstić information content (AvgIpc) is 2.33. The first-order valence-corrected chi connectivity index (χ1v) is 4.38. The van der Waals surface area contributed by atoms with Gasteiger partial charge >= 0.3 is 0 Å². The molecule has 0 aromatic heterocycles. The molecule has 3 heteroatoms. The Morgan fingerprint density at radius 2 is 2.56 bits per heavy atom. The number of nitrogens with one attached hydrogen (secondary N) is 1. The SMILES string of the molecule is [Si]C=C1CNCC1C[Si]. The van der Waals surface area contributed by atoms with Crippen molar-refractivity contribution in [1.82, 2.24) is 5.32 Å². The first-order valence-electron chi connectivity index (χ1n) is 3.10. The van der Waals surface area contributed by atoms with Gasteiger partial charge in [0.1, 0.15) is 0 Å². The third-order valence-corrected chi connectivity index (χ3v) is 2.54. The lowest BCUT2D eigenvalue weighted by atomic mass is 10.1. The summed E-state index contributed by atoms with van der Waals surface area (Å²) in [5, 5.41) is 3.29. The van der Waals surface area contributed by atoms with Crippen LogP contribution in [0.25, 0.3) is 0 Å². The molecule has 0 bridgehead atoms. The molecule has 1 aliphatic heterocycles. The van der Waals surface area contributed by atoms with Crippen molar-refractivity contribution >= 4 is 20.5 Å². The van der Waals surface area contributed by atoms with Crippen molar-refractivity contribution < 1.29 is 0 Å². The quantitative estimate of drug-likeness (QED) is 0.514. The number of hydrogen-bond acceptors (Lipinski definition) is 1. The molecular formula is C6H9NSi2. The molecule has 1 unspecified atom stereocenters. The topological polar surface area (TPSA) is 12.0 Å². The second-order valence-electron chi connectivity index (χ2n) is 2.25. The molecule has 0 saturated carbocycles. The van der Waals surface area contributed by atoms with Gasteiger partial charge in [-0.05, 0) is 5.92 Å². The lowest BCUT2D eigenvalue weighted by Crippen LogP contribution is -2.08. The van der Waals surface area contributed by atoms with Crippen LogP contribution in [0.2, 0.25) is 6.04 Å². The molecule has 1 rings (SSSR count). The van der Waals surface area contributed by atoms with Gasteiger partial charge in [0.05, 0.1) is 10.2 Å². The van der Waals surface area contributed by atoms with Gasteiger partial charge in [0, 0.05) is 23.3 Å². The molecule has 1 saturated heterocycles. The maximum Gasteiger partial charge on any atom is 0.0600 e. The van der Waals surface area contributed by atoms with Crippen LogP contribution in [0.3, 0.4) is 0 Å². The molecule has 1 aliphatic rings. The van der Waals surface area contributed by atoms with Crippen LogP contribution in [0.15, 0.2) is 11.3 Å². The molecule has 0 amide bonds. The lowest BCUT2D eigenvalue weighted by Gasteiger charge is -2.04. The number of hydrogen-bond donors (Lipinski definition) is 1. The van der Waals surface area contributed by atoms with E-state index in [0.29, 0.717) is 5.92 Å².